The molecule has 0 saturated carbocycles. The summed E-state index contributed by atoms with van der Waals surface area (Å²) >= 11 is 0. The van der Waals surface area contributed by atoms with E-state index in [0.29, 0.717) is 12.3 Å². The molecule has 2 fully saturated rings. The van der Waals surface area contributed by atoms with Crippen molar-refractivity contribution in [1.82, 2.24) is 14.9 Å². The summed E-state index contributed by atoms with van der Waals surface area (Å²) in [5.41, 5.74) is 6.16. The molecular formula is C32H32N4O. The summed E-state index contributed by atoms with van der Waals surface area (Å²) in [5, 5.41) is 2.64. The van der Waals surface area contributed by atoms with Crippen LogP contribution in [-0.4, -0.2) is 47.0 Å². The van der Waals surface area contributed by atoms with E-state index in [1.807, 2.05) is 35.2 Å². The molecule has 4 heterocycles. The van der Waals surface area contributed by atoms with Crippen molar-refractivity contribution < 1.29 is 4.79 Å². The lowest BCUT2D eigenvalue weighted by molar-refractivity contribution is -0.117. The van der Waals surface area contributed by atoms with Crippen molar-refractivity contribution in [2.75, 3.05) is 31.1 Å². The molecule has 0 radical (unpaired) electrons. The first-order valence-corrected chi connectivity index (χ1v) is 13.4. The SMILES string of the molecule is O=C1C[C@@H](CN2CCC(c3c[nH]c4ccccc34)(c3c[nH]c4ccccc34)CC2)CN1c1ccccc1. The molecule has 0 unspecified atom stereocenters. The van der Waals surface area contributed by atoms with Gasteiger partial charge in [-0.3, -0.25) is 4.79 Å². The Labute approximate surface area is 217 Å². The number of hydrogen-bond acceptors (Lipinski definition) is 2. The van der Waals surface area contributed by atoms with Gasteiger partial charge < -0.3 is 19.8 Å². The van der Waals surface area contributed by atoms with Gasteiger partial charge in [0.15, 0.2) is 0 Å². The fourth-order valence-corrected chi connectivity index (χ4v) is 6.86. The quantitative estimate of drug-likeness (QED) is 0.315. The van der Waals surface area contributed by atoms with Crippen LogP contribution in [0.3, 0.4) is 0 Å². The number of benzene rings is 3. The monoisotopic (exact) mass is 488 g/mol. The first kappa shape index (κ1) is 22.4. The second kappa shape index (κ2) is 8.93. The number of hydrogen-bond donors (Lipinski definition) is 2. The summed E-state index contributed by atoms with van der Waals surface area (Å²) in [7, 11) is 0. The summed E-state index contributed by atoms with van der Waals surface area (Å²) in [6.07, 6.45) is 7.24. The molecule has 5 nitrogen and oxygen atoms in total. The van der Waals surface area contributed by atoms with Gasteiger partial charge in [0, 0.05) is 64.8 Å². The molecule has 0 bridgehead atoms. The smallest absolute Gasteiger partial charge is 0.227 e. The second-order valence-corrected chi connectivity index (χ2v) is 10.8. The minimum atomic E-state index is -0.0583. The maximum absolute atomic E-state index is 12.8. The maximum Gasteiger partial charge on any atom is 0.227 e. The fourth-order valence-electron chi connectivity index (χ4n) is 6.86. The molecule has 0 spiro atoms. The summed E-state index contributed by atoms with van der Waals surface area (Å²) in [5.74, 6) is 0.626. The van der Waals surface area contributed by atoms with Gasteiger partial charge in [0.1, 0.15) is 0 Å². The number of rotatable bonds is 5. The van der Waals surface area contributed by atoms with E-state index in [1.165, 1.54) is 32.9 Å². The lowest BCUT2D eigenvalue weighted by atomic mass is 9.67. The number of fused-ring (bicyclic) bond motifs is 2. The third-order valence-corrected chi connectivity index (χ3v) is 8.71. The average Bonchev–Trinajstić information content (AvgIpc) is 3.67. The van der Waals surface area contributed by atoms with E-state index in [0.717, 1.165) is 44.7 Å². The van der Waals surface area contributed by atoms with Crippen molar-refractivity contribution in [1.29, 1.82) is 0 Å². The van der Waals surface area contributed by atoms with Crippen LogP contribution < -0.4 is 4.90 Å². The number of likely N-dealkylation sites (tertiary alicyclic amines) is 1. The largest absolute Gasteiger partial charge is 0.361 e. The maximum atomic E-state index is 12.8. The van der Waals surface area contributed by atoms with Crippen molar-refractivity contribution in [3.8, 4) is 0 Å². The highest BCUT2D eigenvalue weighted by atomic mass is 16.2. The number of anilines is 1. The number of carbonyl (C=O) groups excluding carboxylic acids is 1. The standard InChI is InChI=1S/C32H32N4O/c37-31-18-23(22-36(31)24-8-2-1-3-9-24)21-35-16-14-32(15-17-35,27-19-33-29-12-6-4-10-25(27)29)28-20-34-30-13-7-5-11-26(28)30/h1-13,19-20,23,33-34H,14-18,21-22H2/t23-/m0/s1. The first-order chi connectivity index (χ1) is 18.2. The predicted octanol–water partition coefficient (Wildman–Crippen LogP) is 6.08. The van der Waals surface area contributed by atoms with Crippen LogP contribution in [-0.2, 0) is 10.2 Å². The van der Waals surface area contributed by atoms with E-state index in [9.17, 15) is 4.79 Å². The van der Waals surface area contributed by atoms with Gasteiger partial charge in [-0.25, -0.2) is 0 Å². The number of H-pyrrole nitrogens is 2. The molecular weight excluding hydrogens is 456 g/mol. The molecule has 37 heavy (non-hydrogen) atoms. The molecule has 2 N–H and O–H groups in total. The van der Waals surface area contributed by atoms with Crippen LogP contribution in [0, 0.1) is 5.92 Å². The normalized spacial score (nSPS) is 20.3. The molecule has 186 valence electrons. The highest BCUT2D eigenvalue weighted by Crippen LogP contribution is 2.47. The molecule has 5 aromatic rings. The van der Waals surface area contributed by atoms with Crippen molar-refractivity contribution in [2.24, 2.45) is 5.92 Å². The molecule has 2 saturated heterocycles. The van der Waals surface area contributed by atoms with E-state index < -0.39 is 0 Å². The Bertz CT molecular complexity index is 1480. The zero-order chi connectivity index (χ0) is 24.8. The summed E-state index contributed by atoms with van der Waals surface area (Å²) < 4.78 is 0. The van der Waals surface area contributed by atoms with Gasteiger partial charge >= 0.3 is 0 Å². The van der Waals surface area contributed by atoms with Crippen LogP contribution in [0.5, 0.6) is 0 Å². The van der Waals surface area contributed by atoms with Gasteiger partial charge in [-0.1, -0.05) is 54.6 Å². The van der Waals surface area contributed by atoms with E-state index in [1.54, 1.807) is 0 Å². The molecule has 2 aliphatic rings. The number of para-hydroxylation sites is 3. The van der Waals surface area contributed by atoms with Crippen LogP contribution in [0.1, 0.15) is 30.4 Å². The minimum absolute atomic E-state index is 0.0583. The fraction of sp³-hybridized carbons (Fsp3) is 0.281. The average molecular weight is 489 g/mol. The Hall–Kier alpha value is -3.83. The summed E-state index contributed by atoms with van der Waals surface area (Å²) in [6.45, 7) is 3.84. The molecule has 1 atom stereocenters. The zero-order valence-electron chi connectivity index (χ0n) is 21.0. The van der Waals surface area contributed by atoms with Crippen molar-refractivity contribution in [3.05, 3.63) is 102 Å². The Morgan fingerprint density at radius 3 is 1.95 bits per heavy atom. The zero-order valence-corrected chi connectivity index (χ0v) is 21.0. The van der Waals surface area contributed by atoms with E-state index in [4.69, 9.17) is 0 Å². The third-order valence-electron chi connectivity index (χ3n) is 8.71. The number of carbonyl (C=O) groups is 1. The van der Waals surface area contributed by atoms with Gasteiger partial charge in [0.25, 0.3) is 0 Å². The van der Waals surface area contributed by atoms with Gasteiger partial charge in [-0.05, 0) is 67.2 Å². The number of piperidine rings is 1. The lowest BCUT2D eigenvalue weighted by Crippen LogP contribution is -2.45. The number of aromatic amines is 2. The molecule has 2 aromatic heterocycles. The van der Waals surface area contributed by atoms with E-state index in [-0.39, 0.29) is 11.3 Å². The predicted molar refractivity (Wildman–Crippen MR) is 150 cm³/mol. The molecule has 0 aliphatic carbocycles. The lowest BCUT2D eigenvalue weighted by Gasteiger charge is -2.43. The second-order valence-electron chi connectivity index (χ2n) is 10.8. The van der Waals surface area contributed by atoms with Gasteiger partial charge in [0.05, 0.1) is 0 Å². The highest BCUT2D eigenvalue weighted by Gasteiger charge is 2.42. The summed E-state index contributed by atoms with van der Waals surface area (Å²) in [6, 6.07) is 27.5. The molecule has 3 aromatic carbocycles. The Morgan fingerprint density at radius 2 is 1.32 bits per heavy atom. The highest BCUT2D eigenvalue weighted by molar-refractivity contribution is 5.95. The Morgan fingerprint density at radius 1 is 0.757 bits per heavy atom. The van der Waals surface area contributed by atoms with Crippen molar-refractivity contribution in [3.63, 3.8) is 0 Å². The number of amides is 1. The van der Waals surface area contributed by atoms with Crippen molar-refractivity contribution in [2.45, 2.75) is 24.7 Å². The number of nitrogens with one attached hydrogen (secondary N) is 2. The van der Waals surface area contributed by atoms with Crippen molar-refractivity contribution >= 4 is 33.4 Å². The van der Waals surface area contributed by atoms with E-state index in [2.05, 4.69) is 75.8 Å². The molecule has 1 amide bonds. The molecule has 2 aliphatic heterocycles. The van der Waals surface area contributed by atoms with Gasteiger partial charge in [-0.2, -0.15) is 0 Å². The van der Waals surface area contributed by atoms with Crippen LogP contribution in [0.15, 0.2) is 91.3 Å². The Balaban J connectivity index is 1.16. The molecule has 7 rings (SSSR count). The minimum Gasteiger partial charge on any atom is -0.361 e. The van der Waals surface area contributed by atoms with Gasteiger partial charge in [0.2, 0.25) is 5.91 Å². The first-order valence-electron chi connectivity index (χ1n) is 13.4. The summed E-state index contributed by atoms with van der Waals surface area (Å²) in [4.78, 5) is 24.4. The topological polar surface area (TPSA) is 55.1 Å². The number of nitrogens with zero attached hydrogens (tertiary/aromatic N) is 2. The number of aromatic nitrogens is 2. The third kappa shape index (κ3) is 3.77. The van der Waals surface area contributed by atoms with Crippen LogP contribution in [0.4, 0.5) is 5.69 Å². The molecule has 5 heteroatoms. The van der Waals surface area contributed by atoms with Crippen LogP contribution in [0.2, 0.25) is 0 Å². The van der Waals surface area contributed by atoms with Gasteiger partial charge in [-0.15, -0.1) is 0 Å². The van der Waals surface area contributed by atoms with Crippen LogP contribution in [0.25, 0.3) is 21.8 Å². The Kier molecular flexibility index (Phi) is 5.40. The van der Waals surface area contributed by atoms with Crippen LogP contribution >= 0.6 is 0 Å². The van der Waals surface area contributed by atoms with E-state index >= 15 is 0 Å².